The van der Waals surface area contributed by atoms with Gasteiger partial charge < -0.3 is 0 Å². The molecule has 33 heavy (non-hydrogen) atoms. The summed E-state index contributed by atoms with van der Waals surface area (Å²) in [6.45, 7) is 2.37. The molecule has 0 atom stereocenters. The van der Waals surface area contributed by atoms with Crippen LogP contribution in [0, 0.1) is 0 Å². The quantitative estimate of drug-likeness (QED) is 0.241. The maximum Gasteiger partial charge on any atom is 0.113 e. The highest BCUT2D eigenvalue weighted by Crippen LogP contribution is 2.58. The van der Waals surface area contributed by atoms with Crippen LogP contribution in [0.3, 0.4) is 0 Å². The van der Waals surface area contributed by atoms with Crippen molar-refractivity contribution in [1.82, 2.24) is 0 Å². The first kappa shape index (κ1) is 21.4. The number of hydrogen-bond acceptors (Lipinski definition) is 0. The molecule has 0 unspecified atom stereocenters. The summed E-state index contributed by atoms with van der Waals surface area (Å²) in [5.74, 6) is 0. The van der Waals surface area contributed by atoms with Gasteiger partial charge in [-0.1, -0.05) is 115 Å². The van der Waals surface area contributed by atoms with Crippen LogP contribution in [0.1, 0.15) is 6.92 Å². The SMILES string of the molecule is CC[P+](c1ccccc1)(c1ccccc1-c1ccccc1)c1ccccc1-c1ccccc1. The van der Waals surface area contributed by atoms with Gasteiger partial charge in [0.25, 0.3) is 0 Å². The van der Waals surface area contributed by atoms with E-state index in [1.54, 1.807) is 0 Å². The Morgan fingerprint density at radius 1 is 0.424 bits per heavy atom. The van der Waals surface area contributed by atoms with Gasteiger partial charge in [0.05, 0.1) is 6.16 Å². The van der Waals surface area contributed by atoms with E-state index in [1.165, 1.54) is 38.2 Å². The molecule has 0 aromatic heterocycles. The highest BCUT2D eigenvalue weighted by molar-refractivity contribution is 7.96. The predicted octanol–water partition coefficient (Wildman–Crippen LogP) is 7.33. The fraction of sp³-hybridized carbons (Fsp3) is 0.0625. The van der Waals surface area contributed by atoms with Crippen LogP contribution < -0.4 is 15.9 Å². The summed E-state index contributed by atoms with van der Waals surface area (Å²) in [6.07, 6.45) is 1.06. The number of hydrogen-bond donors (Lipinski definition) is 0. The summed E-state index contributed by atoms with van der Waals surface area (Å²) in [4.78, 5) is 0. The van der Waals surface area contributed by atoms with Gasteiger partial charge in [0.1, 0.15) is 23.2 Å². The molecule has 0 spiro atoms. The molecule has 0 heterocycles. The van der Waals surface area contributed by atoms with Crippen molar-refractivity contribution in [3.8, 4) is 22.3 Å². The minimum absolute atomic E-state index is 1.06. The maximum absolute atomic E-state index is 2.37. The first-order chi connectivity index (χ1) is 16.3. The van der Waals surface area contributed by atoms with Gasteiger partial charge in [0.15, 0.2) is 0 Å². The molecule has 5 aromatic carbocycles. The normalized spacial score (nSPS) is 11.3. The summed E-state index contributed by atoms with van der Waals surface area (Å²) >= 11 is 0. The van der Waals surface area contributed by atoms with Gasteiger partial charge in [-0.15, -0.1) is 0 Å². The zero-order valence-corrected chi connectivity index (χ0v) is 19.8. The minimum atomic E-state index is -1.94. The molecule has 5 rings (SSSR count). The van der Waals surface area contributed by atoms with E-state index in [-0.39, 0.29) is 0 Å². The van der Waals surface area contributed by atoms with Gasteiger partial charge in [0.2, 0.25) is 0 Å². The third-order valence-electron chi connectivity index (χ3n) is 6.47. The molecule has 0 nitrogen and oxygen atoms in total. The van der Waals surface area contributed by atoms with Crippen molar-refractivity contribution in [3.05, 3.63) is 140 Å². The lowest BCUT2D eigenvalue weighted by atomic mass is 10.1. The van der Waals surface area contributed by atoms with Gasteiger partial charge in [0, 0.05) is 11.1 Å². The molecule has 0 aliphatic rings. The smallest absolute Gasteiger partial charge is 0.0622 e. The van der Waals surface area contributed by atoms with Gasteiger partial charge >= 0.3 is 0 Å². The third-order valence-corrected chi connectivity index (χ3v) is 11.0. The molecule has 0 saturated carbocycles. The molecule has 160 valence electrons. The Kier molecular flexibility index (Phi) is 6.20. The molecular weight excluding hydrogens is 415 g/mol. The van der Waals surface area contributed by atoms with E-state index in [0.29, 0.717) is 0 Å². The van der Waals surface area contributed by atoms with E-state index >= 15 is 0 Å². The molecule has 0 aliphatic heterocycles. The topological polar surface area (TPSA) is 0 Å². The summed E-state index contributed by atoms with van der Waals surface area (Å²) in [7, 11) is -1.94. The fourth-order valence-electron chi connectivity index (χ4n) is 4.95. The van der Waals surface area contributed by atoms with Gasteiger partial charge in [-0.2, -0.15) is 0 Å². The Hall–Kier alpha value is -3.47. The number of benzene rings is 5. The van der Waals surface area contributed by atoms with Crippen LogP contribution >= 0.6 is 7.26 Å². The zero-order valence-electron chi connectivity index (χ0n) is 18.9. The fourth-order valence-corrected chi connectivity index (χ4v) is 9.40. The second-order valence-electron chi connectivity index (χ2n) is 8.23. The van der Waals surface area contributed by atoms with E-state index < -0.39 is 7.26 Å². The van der Waals surface area contributed by atoms with Crippen molar-refractivity contribution in [2.45, 2.75) is 6.92 Å². The Bertz CT molecular complexity index is 1240. The van der Waals surface area contributed by atoms with Crippen molar-refractivity contribution < 1.29 is 0 Å². The van der Waals surface area contributed by atoms with Gasteiger partial charge in [-0.25, -0.2) is 0 Å². The maximum atomic E-state index is 2.37. The highest BCUT2D eigenvalue weighted by Gasteiger charge is 2.46. The first-order valence-electron chi connectivity index (χ1n) is 11.6. The van der Waals surface area contributed by atoms with Crippen molar-refractivity contribution in [3.63, 3.8) is 0 Å². The van der Waals surface area contributed by atoms with E-state index in [9.17, 15) is 0 Å². The van der Waals surface area contributed by atoms with E-state index in [1.807, 2.05) is 0 Å². The van der Waals surface area contributed by atoms with Crippen LogP contribution in [0.2, 0.25) is 0 Å². The van der Waals surface area contributed by atoms with E-state index in [0.717, 1.165) is 6.16 Å². The van der Waals surface area contributed by atoms with Crippen LogP contribution in [0.15, 0.2) is 140 Å². The molecule has 0 N–H and O–H groups in total. The lowest BCUT2D eigenvalue weighted by Crippen LogP contribution is -2.34. The lowest BCUT2D eigenvalue weighted by molar-refractivity contribution is 1.48. The number of rotatable bonds is 6. The molecule has 0 fully saturated rings. The Morgan fingerprint density at radius 2 is 0.788 bits per heavy atom. The average molecular weight is 444 g/mol. The lowest BCUT2D eigenvalue weighted by Gasteiger charge is -2.30. The summed E-state index contributed by atoms with van der Waals surface area (Å²) < 4.78 is 0. The van der Waals surface area contributed by atoms with E-state index in [4.69, 9.17) is 0 Å². The third kappa shape index (κ3) is 3.92. The molecule has 0 radical (unpaired) electrons. The average Bonchev–Trinajstić information content (AvgIpc) is 2.92. The Morgan fingerprint density at radius 3 is 1.21 bits per heavy atom. The molecule has 0 bridgehead atoms. The molecular formula is C32H28P+. The van der Waals surface area contributed by atoms with Gasteiger partial charge in [-0.05, 0) is 42.3 Å². The van der Waals surface area contributed by atoms with Crippen LogP contribution in [-0.2, 0) is 0 Å². The largest absolute Gasteiger partial charge is 0.113 e. The zero-order chi connectivity index (χ0) is 22.5. The molecule has 5 aromatic rings. The summed E-state index contributed by atoms with van der Waals surface area (Å²) in [5.41, 5.74) is 5.22. The molecule has 0 amide bonds. The van der Waals surface area contributed by atoms with E-state index in [2.05, 4.69) is 146 Å². The predicted molar refractivity (Wildman–Crippen MR) is 147 cm³/mol. The monoisotopic (exact) mass is 443 g/mol. The van der Waals surface area contributed by atoms with Crippen molar-refractivity contribution in [2.75, 3.05) is 6.16 Å². The second-order valence-corrected chi connectivity index (χ2v) is 12.0. The van der Waals surface area contributed by atoms with Crippen molar-refractivity contribution >= 4 is 23.2 Å². The van der Waals surface area contributed by atoms with Crippen molar-refractivity contribution in [2.24, 2.45) is 0 Å². The van der Waals surface area contributed by atoms with Crippen LogP contribution in [0.25, 0.3) is 22.3 Å². The standard InChI is InChI=1S/C32H28P/c1-2-33(28-20-10-5-11-21-28,31-24-14-12-22-29(31)26-16-6-3-7-17-26)32-25-15-13-23-30(32)27-18-8-4-9-19-27/h3-25H,2H2,1H3/q+1. The Labute approximate surface area is 197 Å². The van der Waals surface area contributed by atoms with Crippen LogP contribution in [-0.4, -0.2) is 6.16 Å². The summed E-state index contributed by atoms with van der Waals surface area (Å²) in [5, 5.41) is 4.33. The minimum Gasteiger partial charge on any atom is -0.0622 e. The Balaban J connectivity index is 1.87. The molecule has 0 saturated heterocycles. The highest BCUT2D eigenvalue weighted by atomic mass is 31.2. The van der Waals surface area contributed by atoms with Crippen molar-refractivity contribution in [1.29, 1.82) is 0 Å². The molecule has 0 aliphatic carbocycles. The molecule has 1 heteroatoms. The first-order valence-corrected chi connectivity index (χ1v) is 13.6. The van der Waals surface area contributed by atoms with Gasteiger partial charge in [-0.3, -0.25) is 0 Å². The second kappa shape index (κ2) is 9.57. The van der Waals surface area contributed by atoms with Crippen LogP contribution in [0.4, 0.5) is 0 Å². The van der Waals surface area contributed by atoms with Crippen LogP contribution in [0.5, 0.6) is 0 Å². The summed E-state index contributed by atoms with van der Waals surface area (Å²) in [6, 6.07) is 50.9.